The maximum atomic E-state index is 6.95. The molecule has 4 N–H and O–H groups in total. The zero-order chi connectivity index (χ0) is 20.5. The van der Waals surface area contributed by atoms with E-state index in [4.69, 9.17) is 20.3 Å². The first kappa shape index (κ1) is 19.3. The number of benzene rings is 1. The molecule has 0 atom stereocenters. The van der Waals surface area contributed by atoms with Crippen molar-refractivity contribution < 1.29 is 8.83 Å². The van der Waals surface area contributed by atoms with E-state index in [0.29, 0.717) is 11.8 Å². The largest absolute Gasteiger partial charge is 0.469 e. The van der Waals surface area contributed by atoms with Crippen LogP contribution in [-0.2, 0) is 12.8 Å². The number of hydrogen-bond acceptors (Lipinski definition) is 4. The molecule has 158 valence electrons. The van der Waals surface area contributed by atoms with E-state index in [-0.39, 0.29) is 0 Å². The second-order valence-corrected chi connectivity index (χ2v) is 9.09. The van der Waals surface area contributed by atoms with Crippen molar-refractivity contribution in [1.29, 1.82) is 0 Å². The van der Waals surface area contributed by atoms with Gasteiger partial charge in [0.25, 0.3) is 0 Å². The number of rotatable bonds is 6. The topological polar surface area (TPSA) is 78.3 Å². The standard InChI is InChI=1S/C26H32N2O2/c27-25-21(15-19-11-5-13-29-19)23(17-7-1-2-8-17)22(16-20-12-6-14-30-20)26(28)24(25)18-9-3-4-10-18/h5-6,11-14,17-18H,1-4,7-10,15-16,27-28H2. The van der Waals surface area contributed by atoms with Crippen molar-refractivity contribution in [3.63, 3.8) is 0 Å². The fourth-order valence-electron chi connectivity index (χ4n) is 5.86. The van der Waals surface area contributed by atoms with E-state index in [1.54, 1.807) is 12.5 Å². The predicted octanol–water partition coefficient (Wildman–Crippen LogP) is 6.53. The molecule has 0 bridgehead atoms. The molecule has 0 aliphatic heterocycles. The summed E-state index contributed by atoms with van der Waals surface area (Å²) in [5, 5.41) is 0. The van der Waals surface area contributed by atoms with Gasteiger partial charge in [0.1, 0.15) is 11.5 Å². The zero-order valence-electron chi connectivity index (χ0n) is 17.7. The summed E-state index contributed by atoms with van der Waals surface area (Å²) in [7, 11) is 0. The lowest BCUT2D eigenvalue weighted by molar-refractivity contribution is 0.516. The molecule has 2 aromatic heterocycles. The predicted molar refractivity (Wildman–Crippen MR) is 121 cm³/mol. The van der Waals surface area contributed by atoms with E-state index in [0.717, 1.165) is 35.7 Å². The Balaban J connectivity index is 1.71. The summed E-state index contributed by atoms with van der Waals surface area (Å²) in [6.45, 7) is 0. The first-order valence-electron chi connectivity index (χ1n) is 11.5. The van der Waals surface area contributed by atoms with Crippen LogP contribution in [0.15, 0.2) is 45.6 Å². The van der Waals surface area contributed by atoms with Gasteiger partial charge in [-0.05, 0) is 78.5 Å². The molecule has 4 heteroatoms. The highest BCUT2D eigenvalue weighted by atomic mass is 16.3. The van der Waals surface area contributed by atoms with Gasteiger partial charge in [0.15, 0.2) is 0 Å². The smallest absolute Gasteiger partial charge is 0.108 e. The SMILES string of the molecule is Nc1c(Cc2ccco2)c(C2CCCC2)c(Cc2ccco2)c(N)c1C1CCCC1. The Hall–Kier alpha value is -2.62. The normalized spacial score (nSPS) is 17.9. The van der Waals surface area contributed by atoms with E-state index in [1.807, 2.05) is 12.1 Å². The number of hydrogen-bond donors (Lipinski definition) is 2. The van der Waals surface area contributed by atoms with E-state index in [2.05, 4.69) is 12.1 Å². The van der Waals surface area contributed by atoms with Crippen LogP contribution >= 0.6 is 0 Å². The van der Waals surface area contributed by atoms with Gasteiger partial charge in [-0.2, -0.15) is 0 Å². The molecule has 0 spiro atoms. The van der Waals surface area contributed by atoms with E-state index >= 15 is 0 Å². The van der Waals surface area contributed by atoms with E-state index in [9.17, 15) is 0 Å². The van der Waals surface area contributed by atoms with E-state index < -0.39 is 0 Å². The lowest BCUT2D eigenvalue weighted by Crippen LogP contribution is -2.16. The third-order valence-electron chi connectivity index (χ3n) is 7.27. The number of furan rings is 2. The fraction of sp³-hybridized carbons (Fsp3) is 0.462. The third kappa shape index (κ3) is 3.53. The average Bonchev–Trinajstić information content (AvgIpc) is 3.55. The van der Waals surface area contributed by atoms with Gasteiger partial charge < -0.3 is 20.3 Å². The quantitative estimate of drug-likeness (QED) is 0.458. The molecule has 0 radical (unpaired) electrons. The minimum atomic E-state index is 0.466. The lowest BCUT2D eigenvalue weighted by Gasteiger charge is -2.28. The van der Waals surface area contributed by atoms with Crippen LogP contribution in [0.2, 0.25) is 0 Å². The molecule has 2 aliphatic carbocycles. The molecule has 4 nitrogen and oxygen atoms in total. The Labute approximate surface area is 178 Å². The van der Waals surface area contributed by atoms with Gasteiger partial charge in [0.05, 0.1) is 12.5 Å². The fourth-order valence-corrected chi connectivity index (χ4v) is 5.86. The summed E-state index contributed by atoms with van der Waals surface area (Å²) < 4.78 is 11.5. The minimum Gasteiger partial charge on any atom is -0.469 e. The Bertz CT molecular complexity index is 913. The molecule has 0 saturated heterocycles. The van der Waals surface area contributed by atoms with Crippen LogP contribution in [0.1, 0.15) is 97.0 Å². The van der Waals surface area contributed by atoms with Crippen molar-refractivity contribution in [2.75, 3.05) is 11.5 Å². The van der Waals surface area contributed by atoms with Crippen LogP contribution in [0.4, 0.5) is 11.4 Å². The van der Waals surface area contributed by atoms with Crippen molar-refractivity contribution in [1.82, 2.24) is 0 Å². The average molecular weight is 405 g/mol. The van der Waals surface area contributed by atoms with Gasteiger partial charge in [0, 0.05) is 29.8 Å². The number of anilines is 2. The molecule has 3 aromatic rings. The maximum Gasteiger partial charge on any atom is 0.108 e. The maximum absolute atomic E-state index is 6.95. The summed E-state index contributed by atoms with van der Waals surface area (Å²) in [5.74, 6) is 2.91. The Morgan fingerprint density at radius 1 is 0.667 bits per heavy atom. The molecule has 2 saturated carbocycles. The van der Waals surface area contributed by atoms with Crippen molar-refractivity contribution in [2.45, 2.75) is 76.0 Å². The summed E-state index contributed by atoms with van der Waals surface area (Å²) >= 11 is 0. The minimum absolute atomic E-state index is 0.466. The highest BCUT2D eigenvalue weighted by Gasteiger charge is 2.32. The Morgan fingerprint density at radius 2 is 1.10 bits per heavy atom. The first-order chi connectivity index (χ1) is 14.7. The van der Waals surface area contributed by atoms with Gasteiger partial charge in [-0.3, -0.25) is 0 Å². The third-order valence-corrected chi connectivity index (χ3v) is 7.27. The van der Waals surface area contributed by atoms with Gasteiger partial charge >= 0.3 is 0 Å². The first-order valence-corrected chi connectivity index (χ1v) is 11.5. The molecule has 1 aromatic carbocycles. The van der Waals surface area contributed by atoms with Crippen molar-refractivity contribution in [3.8, 4) is 0 Å². The molecular formula is C26H32N2O2. The Morgan fingerprint density at radius 3 is 1.50 bits per heavy atom. The van der Waals surface area contributed by atoms with Gasteiger partial charge in [-0.25, -0.2) is 0 Å². The summed E-state index contributed by atoms with van der Waals surface area (Å²) in [6, 6.07) is 8.02. The van der Waals surface area contributed by atoms with Crippen LogP contribution in [0.5, 0.6) is 0 Å². The van der Waals surface area contributed by atoms with Crippen molar-refractivity contribution >= 4 is 11.4 Å². The molecular weight excluding hydrogens is 372 g/mol. The van der Waals surface area contributed by atoms with Crippen LogP contribution in [-0.4, -0.2) is 0 Å². The van der Waals surface area contributed by atoms with Crippen LogP contribution in [0.25, 0.3) is 0 Å². The second kappa shape index (κ2) is 8.25. The van der Waals surface area contributed by atoms with Gasteiger partial charge in [-0.15, -0.1) is 0 Å². The van der Waals surface area contributed by atoms with Crippen molar-refractivity contribution in [2.24, 2.45) is 0 Å². The molecule has 2 aliphatic rings. The summed E-state index contributed by atoms with van der Waals surface area (Å²) in [6.07, 6.45) is 14.8. The van der Waals surface area contributed by atoms with Crippen LogP contribution in [0.3, 0.4) is 0 Å². The monoisotopic (exact) mass is 404 g/mol. The zero-order valence-corrected chi connectivity index (χ0v) is 17.7. The molecule has 30 heavy (non-hydrogen) atoms. The second-order valence-electron chi connectivity index (χ2n) is 9.09. The molecule has 5 rings (SSSR count). The van der Waals surface area contributed by atoms with Crippen molar-refractivity contribution in [3.05, 3.63) is 70.6 Å². The highest BCUT2D eigenvalue weighted by molar-refractivity contribution is 5.75. The number of nitrogens with two attached hydrogens (primary N) is 2. The lowest BCUT2D eigenvalue weighted by atomic mass is 9.79. The van der Waals surface area contributed by atoms with Crippen LogP contribution in [0, 0.1) is 0 Å². The molecule has 0 amide bonds. The summed E-state index contributed by atoms with van der Waals surface area (Å²) in [4.78, 5) is 0. The van der Waals surface area contributed by atoms with Gasteiger partial charge in [0.2, 0.25) is 0 Å². The van der Waals surface area contributed by atoms with Gasteiger partial charge in [-0.1, -0.05) is 25.7 Å². The summed E-state index contributed by atoms with van der Waals surface area (Å²) in [5.41, 5.74) is 20.8. The Kier molecular flexibility index (Phi) is 5.32. The highest BCUT2D eigenvalue weighted by Crippen LogP contribution is 2.49. The molecule has 2 fully saturated rings. The molecule has 0 unspecified atom stereocenters. The molecule has 2 heterocycles. The number of nitrogen functional groups attached to an aromatic ring is 2. The van der Waals surface area contributed by atoms with E-state index in [1.165, 1.54) is 73.6 Å². The van der Waals surface area contributed by atoms with Crippen LogP contribution < -0.4 is 11.5 Å².